The Balaban J connectivity index is 0. The number of hydrogen-bond acceptors (Lipinski definition) is 5. The summed E-state index contributed by atoms with van der Waals surface area (Å²) in [7, 11) is -3.67. The van der Waals surface area contributed by atoms with Crippen LogP contribution in [0.1, 0.15) is 0 Å². The Morgan fingerprint density at radius 1 is 1.67 bits per heavy atom. The second-order valence-electron chi connectivity index (χ2n) is 1.86. The van der Waals surface area contributed by atoms with Gasteiger partial charge < -0.3 is 10.8 Å². The van der Waals surface area contributed by atoms with Gasteiger partial charge in [0.05, 0.1) is 6.26 Å². The van der Waals surface area contributed by atoms with Crippen LogP contribution in [0, 0.1) is 0 Å². The number of nitrogens with two attached hydrogens (primary N) is 1. The molecule has 1 atom stereocenters. The fourth-order valence-electron chi connectivity index (χ4n) is 0.0781. The predicted molar refractivity (Wildman–Crippen MR) is 46.9 cm³/mol. The number of carbonyl (C=O) groups is 1. The molecule has 0 aliphatic rings. The number of carboxylic acids is 1. The average molecular weight is 217 g/mol. The van der Waals surface area contributed by atoms with Gasteiger partial charge >= 0.3 is 5.97 Å². The van der Waals surface area contributed by atoms with Gasteiger partial charge in [0, 0.05) is 5.75 Å². The molecule has 0 radical (unpaired) electrons. The van der Waals surface area contributed by atoms with Gasteiger partial charge in [0.1, 0.15) is 6.04 Å². The second kappa shape index (κ2) is 6.23. The van der Waals surface area contributed by atoms with Crippen molar-refractivity contribution in [3.8, 4) is 0 Å². The molecule has 0 aliphatic carbocycles. The first-order valence-corrected chi connectivity index (χ1v) is 5.18. The van der Waals surface area contributed by atoms with Gasteiger partial charge in [-0.05, 0) is 0 Å². The Morgan fingerprint density at radius 3 is 1.92 bits per heavy atom. The quantitative estimate of drug-likeness (QED) is 0.342. The van der Waals surface area contributed by atoms with Crippen molar-refractivity contribution in [2.24, 2.45) is 5.73 Å². The van der Waals surface area contributed by atoms with E-state index in [0.29, 0.717) is 6.26 Å². The highest BCUT2D eigenvalue weighted by atomic mass is 32.2. The minimum atomic E-state index is -3.67. The Bertz CT molecular complexity index is 216. The lowest BCUT2D eigenvalue weighted by molar-refractivity contribution is -0.137. The monoisotopic (exact) mass is 217 g/mol. The number of aliphatic carboxylic acids is 1. The lowest BCUT2D eigenvalue weighted by atomic mass is 10.4. The number of carboxylic acid groups (broad SMARTS) is 1. The van der Waals surface area contributed by atoms with Crippen molar-refractivity contribution in [3.63, 3.8) is 0 Å². The molecule has 1 unspecified atom stereocenters. The van der Waals surface area contributed by atoms with Gasteiger partial charge in [-0.3, -0.25) is 9.35 Å². The third-order valence-corrected chi connectivity index (χ3v) is 0.907. The van der Waals surface area contributed by atoms with Crippen LogP contribution in [-0.4, -0.2) is 42.1 Å². The van der Waals surface area contributed by atoms with E-state index in [1.54, 1.807) is 0 Å². The molecule has 0 amide bonds. The molecular weight excluding hydrogens is 206 g/mol. The predicted octanol–water partition coefficient (Wildman–Crippen LogP) is -1.17. The van der Waals surface area contributed by atoms with E-state index in [-0.39, 0.29) is 5.75 Å². The van der Waals surface area contributed by atoms with E-state index in [1.807, 2.05) is 0 Å². The largest absolute Gasteiger partial charge is 0.480 e. The SMILES string of the molecule is CS(=O)(=O)O.NC(CS)C(=O)O. The summed E-state index contributed by atoms with van der Waals surface area (Å²) in [6.45, 7) is 0. The van der Waals surface area contributed by atoms with Gasteiger partial charge in [-0.1, -0.05) is 0 Å². The summed E-state index contributed by atoms with van der Waals surface area (Å²) < 4.78 is 25.9. The van der Waals surface area contributed by atoms with Crippen LogP contribution in [0.2, 0.25) is 0 Å². The highest BCUT2D eigenvalue weighted by Gasteiger charge is 2.06. The zero-order chi connectivity index (χ0) is 10.4. The van der Waals surface area contributed by atoms with Gasteiger partial charge in [-0.2, -0.15) is 21.0 Å². The van der Waals surface area contributed by atoms with Crippen molar-refractivity contribution in [2.75, 3.05) is 12.0 Å². The molecular formula is C4H11NO5S2. The topological polar surface area (TPSA) is 118 Å². The van der Waals surface area contributed by atoms with Crippen molar-refractivity contribution in [1.82, 2.24) is 0 Å². The summed E-state index contributed by atoms with van der Waals surface area (Å²) in [5.74, 6) is -0.815. The van der Waals surface area contributed by atoms with Gasteiger partial charge in [-0.15, -0.1) is 0 Å². The van der Waals surface area contributed by atoms with Crippen LogP contribution in [-0.2, 0) is 14.9 Å². The average Bonchev–Trinajstić information content (AvgIpc) is 1.82. The summed E-state index contributed by atoms with van der Waals surface area (Å²) in [5.41, 5.74) is 4.94. The highest BCUT2D eigenvalue weighted by molar-refractivity contribution is 7.85. The highest BCUT2D eigenvalue weighted by Crippen LogP contribution is 1.80. The fourth-order valence-corrected chi connectivity index (χ4v) is 0.234. The summed E-state index contributed by atoms with van der Waals surface area (Å²) in [4.78, 5) is 9.76. The van der Waals surface area contributed by atoms with E-state index in [2.05, 4.69) is 12.6 Å². The van der Waals surface area contributed by atoms with E-state index in [9.17, 15) is 13.2 Å². The summed E-state index contributed by atoms with van der Waals surface area (Å²) in [6, 6.07) is -0.816. The van der Waals surface area contributed by atoms with Crippen LogP contribution in [0.5, 0.6) is 0 Å². The summed E-state index contributed by atoms with van der Waals surface area (Å²) in [6.07, 6.45) is 0.715. The second-order valence-corrected chi connectivity index (χ2v) is 3.69. The first kappa shape index (κ1) is 14.2. The minimum Gasteiger partial charge on any atom is -0.480 e. The molecule has 0 spiro atoms. The molecule has 0 aliphatic heterocycles. The van der Waals surface area contributed by atoms with Crippen molar-refractivity contribution in [1.29, 1.82) is 0 Å². The Morgan fingerprint density at radius 2 is 1.92 bits per heavy atom. The molecule has 4 N–H and O–H groups in total. The lowest BCUT2D eigenvalue weighted by Crippen LogP contribution is -2.31. The Labute approximate surface area is 75.9 Å². The first-order valence-electron chi connectivity index (χ1n) is 2.70. The van der Waals surface area contributed by atoms with Gasteiger partial charge in [0.25, 0.3) is 10.1 Å². The summed E-state index contributed by atoms with van der Waals surface area (Å²) >= 11 is 3.65. The van der Waals surface area contributed by atoms with Gasteiger partial charge in [0.15, 0.2) is 0 Å². The molecule has 0 saturated heterocycles. The van der Waals surface area contributed by atoms with Crippen molar-refractivity contribution >= 4 is 28.7 Å². The number of hydrogen-bond donors (Lipinski definition) is 4. The lowest BCUT2D eigenvalue weighted by Gasteiger charge is -1.96. The zero-order valence-corrected chi connectivity index (χ0v) is 8.05. The van der Waals surface area contributed by atoms with Crippen molar-refractivity contribution < 1.29 is 22.9 Å². The van der Waals surface area contributed by atoms with Gasteiger partial charge in [-0.25, -0.2) is 0 Å². The van der Waals surface area contributed by atoms with Gasteiger partial charge in [0.2, 0.25) is 0 Å². The normalized spacial score (nSPS) is 12.7. The molecule has 6 nitrogen and oxygen atoms in total. The molecule has 0 aromatic heterocycles. The van der Waals surface area contributed by atoms with Crippen LogP contribution in [0.3, 0.4) is 0 Å². The summed E-state index contributed by atoms with van der Waals surface area (Å²) in [5, 5.41) is 8.01. The molecule has 74 valence electrons. The Kier molecular flexibility index (Phi) is 7.39. The number of rotatable bonds is 2. The first-order chi connectivity index (χ1) is 5.18. The van der Waals surface area contributed by atoms with E-state index < -0.39 is 22.1 Å². The van der Waals surface area contributed by atoms with Crippen molar-refractivity contribution in [3.05, 3.63) is 0 Å². The standard InChI is InChI=1S/C3H7NO2S.CH4O3S/c4-2(1-7)3(5)6;1-5(2,3)4/h2,7H,1,4H2,(H,5,6);1H3,(H,2,3,4). The van der Waals surface area contributed by atoms with Crippen LogP contribution in [0.25, 0.3) is 0 Å². The Hall–Kier alpha value is -0.310. The van der Waals surface area contributed by atoms with Crippen LogP contribution >= 0.6 is 12.6 Å². The van der Waals surface area contributed by atoms with E-state index in [1.165, 1.54) is 0 Å². The third kappa shape index (κ3) is 22.6. The zero-order valence-electron chi connectivity index (χ0n) is 6.34. The molecule has 0 fully saturated rings. The fraction of sp³-hybridized carbons (Fsp3) is 0.750. The molecule has 12 heavy (non-hydrogen) atoms. The smallest absolute Gasteiger partial charge is 0.321 e. The molecule has 0 bridgehead atoms. The maximum absolute atomic E-state index is 9.76. The molecule has 0 aromatic rings. The minimum absolute atomic E-state index is 0.190. The van der Waals surface area contributed by atoms with E-state index in [4.69, 9.17) is 15.4 Å². The molecule has 0 aromatic carbocycles. The van der Waals surface area contributed by atoms with Crippen LogP contribution < -0.4 is 5.73 Å². The molecule has 8 heteroatoms. The van der Waals surface area contributed by atoms with Crippen molar-refractivity contribution in [2.45, 2.75) is 6.04 Å². The van der Waals surface area contributed by atoms with Crippen LogP contribution in [0.15, 0.2) is 0 Å². The maximum Gasteiger partial charge on any atom is 0.321 e. The molecule has 0 saturated carbocycles. The maximum atomic E-state index is 9.76. The van der Waals surface area contributed by atoms with Crippen LogP contribution in [0.4, 0.5) is 0 Å². The number of thiol groups is 1. The third-order valence-electron chi connectivity index (χ3n) is 0.514. The molecule has 0 rings (SSSR count). The van der Waals surface area contributed by atoms with E-state index >= 15 is 0 Å². The molecule has 0 heterocycles. The van der Waals surface area contributed by atoms with E-state index in [0.717, 1.165) is 0 Å².